The highest BCUT2D eigenvalue weighted by molar-refractivity contribution is 6.36. The number of nitrogens with two attached hydrogens (primary N) is 1. The van der Waals surface area contributed by atoms with Crippen molar-refractivity contribution in [3.05, 3.63) is 33.8 Å². The summed E-state index contributed by atoms with van der Waals surface area (Å²) in [5.41, 5.74) is 6.23. The summed E-state index contributed by atoms with van der Waals surface area (Å²) in [5.74, 6) is -0.126. The fourth-order valence-corrected chi connectivity index (χ4v) is 3.18. The molecule has 1 aliphatic rings. The lowest BCUT2D eigenvalue weighted by Crippen LogP contribution is -2.33. The third kappa shape index (κ3) is 3.64. The second-order valence-corrected chi connectivity index (χ2v) is 5.98. The molecule has 110 valence electrons. The van der Waals surface area contributed by atoms with Crippen LogP contribution in [0.5, 0.6) is 0 Å². The second kappa shape index (κ2) is 6.76. The van der Waals surface area contributed by atoms with Gasteiger partial charge in [0.05, 0.1) is 6.10 Å². The van der Waals surface area contributed by atoms with Crippen LogP contribution in [-0.2, 0) is 4.79 Å². The van der Waals surface area contributed by atoms with Crippen molar-refractivity contribution in [2.45, 2.75) is 31.4 Å². The van der Waals surface area contributed by atoms with Gasteiger partial charge in [-0.1, -0.05) is 29.3 Å². The van der Waals surface area contributed by atoms with Crippen LogP contribution in [0.15, 0.2) is 18.2 Å². The van der Waals surface area contributed by atoms with Gasteiger partial charge in [0.25, 0.3) is 0 Å². The molecule has 0 radical (unpaired) electrons. The van der Waals surface area contributed by atoms with E-state index >= 15 is 0 Å². The predicted octanol–water partition coefficient (Wildman–Crippen LogP) is 2.27. The largest absolute Gasteiger partial charge is 0.386 e. The molecule has 3 atom stereocenters. The van der Waals surface area contributed by atoms with Crippen LogP contribution in [-0.4, -0.2) is 23.6 Å². The molecule has 4 N–H and O–H groups in total. The highest BCUT2D eigenvalue weighted by Gasteiger charge is 2.28. The van der Waals surface area contributed by atoms with Gasteiger partial charge in [-0.2, -0.15) is 0 Å². The predicted molar refractivity (Wildman–Crippen MR) is 79.7 cm³/mol. The summed E-state index contributed by atoms with van der Waals surface area (Å²) in [5, 5.41) is 13.6. The van der Waals surface area contributed by atoms with E-state index < -0.39 is 6.10 Å². The van der Waals surface area contributed by atoms with Gasteiger partial charge in [0.2, 0.25) is 5.91 Å². The Kier molecular flexibility index (Phi) is 5.27. The number of halogens is 2. The summed E-state index contributed by atoms with van der Waals surface area (Å²) >= 11 is 12.0. The zero-order valence-corrected chi connectivity index (χ0v) is 12.5. The fourth-order valence-electron chi connectivity index (χ4n) is 2.53. The lowest BCUT2D eigenvalue weighted by atomic mass is 10.1. The molecule has 0 saturated heterocycles. The van der Waals surface area contributed by atoms with Gasteiger partial charge in [0.1, 0.15) is 0 Å². The van der Waals surface area contributed by atoms with E-state index in [1.807, 2.05) is 0 Å². The molecule has 20 heavy (non-hydrogen) atoms. The number of hydrogen-bond donors (Lipinski definition) is 3. The van der Waals surface area contributed by atoms with Crippen LogP contribution in [0.2, 0.25) is 10.0 Å². The molecule has 0 unspecified atom stereocenters. The molecule has 0 aliphatic heterocycles. The zero-order chi connectivity index (χ0) is 14.7. The number of aliphatic hydroxyl groups excluding tert-OH is 1. The van der Waals surface area contributed by atoms with E-state index in [-0.39, 0.29) is 24.4 Å². The molecule has 0 heterocycles. The van der Waals surface area contributed by atoms with Crippen molar-refractivity contribution in [2.75, 3.05) is 6.54 Å². The van der Waals surface area contributed by atoms with Crippen LogP contribution < -0.4 is 11.1 Å². The molecule has 1 aromatic carbocycles. The molecular weight excluding hydrogens is 299 g/mol. The lowest BCUT2D eigenvalue weighted by Gasteiger charge is -2.17. The van der Waals surface area contributed by atoms with E-state index in [0.717, 1.165) is 12.8 Å². The number of nitrogens with one attached hydrogen (secondary N) is 1. The van der Waals surface area contributed by atoms with E-state index in [9.17, 15) is 9.90 Å². The second-order valence-electron chi connectivity index (χ2n) is 5.17. The quantitative estimate of drug-likeness (QED) is 0.797. The minimum Gasteiger partial charge on any atom is -0.386 e. The van der Waals surface area contributed by atoms with Crippen LogP contribution >= 0.6 is 23.2 Å². The first-order chi connectivity index (χ1) is 9.49. The first kappa shape index (κ1) is 15.6. The van der Waals surface area contributed by atoms with Crippen LogP contribution in [0, 0.1) is 5.92 Å². The number of aliphatic hydroxyl groups is 1. The molecule has 1 saturated carbocycles. The number of rotatable bonds is 4. The van der Waals surface area contributed by atoms with Crippen LogP contribution in [0.4, 0.5) is 0 Å². The molecule has 1 aromatic rings. The van der Waals surface area contributed by atoms with Crippen molar-refractivity contribution < 1.29 is 9.90 Å². The van der Waals surface area contributed by atoms with Gasteiger partial charge in [-0.25, -0.2) is 0 Å². The average molecular weight is 317 g/mol. The van der Waals surface area contributed by atoms with E-state index in [0.29, 0.717) is 22.0 Å². The van der Waals surface area contributed by atoms with Crippen molar-refractivity contribution in [1.82, 2.24) is 5.32 Å². The minimum atomic E-state index is -0.921. The molecule has 1 amide bonds. The fraction of sp³-hybridized carbons (Fsp3) is 0.500. The first-order valence-corrected chi connectivity index (χ1v) is 7.40. The molecule has 0 bridgehead atoms. The van der Waals surface area contributed by atoms with Gasteiger partial charge in [0, 0.05) is 34.1 Å². The van der Waals surface area contributed by atoms with Gasteiger partial charge >= 0.3 is 0 Å². The van der Waals surface area contributed by atoms with Crippen molar-refractivity contribution in [1.29, 1.82) is 0 Å². The highest BCUT2D eigenvalue weighted by atomic mass is 35.5. The zero-order valence-electron chi connectivity index (χ0n) is 11.0. The Hall–Kier alpha value is -0.810. The Morgan fingerprint density at radius 3 is 2.60 bits per heavy atom. The molecule has 0 aromatic heterocycles. The monoisotopic (exact) mass is 316 g/mol. The maximum atomic E-state index is 12.0. The van der Waals surface area contributed by atoms with Crippen LogP contribution in [0.25, 0.3) is 0 Å². The Balaban J connectivity index is 1.92. The van der Waals surface area contributed by atoms with Gasteiger partial charge in [-0.3, -0.25) is 4.79 Å². The summed E-state index contributed by atoms with van der Waals surface area (Å²) < 4.78 is 0. The van der Waals surface area contributed by atoms with E-state index in [1.165, 1.54) is 0 Å². The number of carbonyl (C=O) groups excluding carboxylic acids is 1. The molecule has 0 spiro atoms. The molecule has 1 aliphatic carbocycles. The van der Waals surface area contributed by atoms with Crippen molar-refractivity contribution in [2.24, 2.45) is 11.7 Å². The highest BCUT2D eigenvalue weighted by Crippen LogP contribution is 2.30. The standard InChI is InChI=1S/C14H18Cl2N2O2/c15-10-2-1-3-11(16)13(10)12(19)7-18-14(20)8-4-5-9(17)6-8/h1-3,8-9,12,19H,4-7,17H2,(H,18,20)/t8-,9+,12+/m0/s1. The van der Waals surface area contributed by atoms with Gasteiger partial charge in [-0.05, 0) is 31.4 Å². The number of hydrogen-bond acceptors (Lipinski definition) is 3. The first-order valence-electron chi connectivity index (χ1n) is 6.64. The van der Waals surface area contributed by atoms with Gasteiger partial charge in [0.15, 0.2) is 0 Å². The van der Waals surface area contributed by atoms with Crippen molar-refractivity contribution in [3.8, 4) is 0 Å². The Bertz CT molecular complexity index is 476. The molecule has 6 heteroatoms. The molecule has 2 rings (SSSR count). The Labute approximate surface area is 128 Å². The van der Waals surface area contributed by atoms with Crippen LogP contribution in [0.1, 0.15) is 30.9 Å². The van der Waals surface area contributed by atoms with Crippen molar-refractivity contribution in [3.63, 3.8) is 0 Å². The summed E-state index contributed by atoms with van der Waals surface area (Å²) in [7, 11) is 0. The number of benzene rings is 1. The third-order valence-electron chi connectivity index (χ3n) is 3.65. The SMILES string of the molecule is N[C@@H]1CC[C@H](C(=O)NC[C@@H](O)c2c(Cl)cccc2Cl)C1. The molecule has 4 nitrogen and oxygen atoms in total. The number of amides is 1. The van der Waals surface area contributed by atoms with E-state index in [2.05, 4.69) is 5.32 Å². The Morgan fingerprint density at radius 1 is 1.40 bits per heavy atom. The average Bonchev–Trinajstić information content (AvgIpc) is 2.82. The van der Waals surface area contributed by atoms with E-state index in [4.69, 9.17) is 28.9 Å². The summed E-state index contributed by atoms with van der Waals surface area (Å²) in [6.07, 6.45) is 1.46. The van der Waals surface area contributed by atoms with Crippen LogP contribution in [0.3, 0.4) is 0 Å². The lowest BCUT2D eigenvalue weighted by molar-refractivity contribution is -0.125. The molecule has 1 fully saturated rings. The van der Waals surface area contributed by atoms with Gasteiger partial charge < -0.3 is 16.2 Å². The maximum Gasteiger partial charge on any atom is 0.223 e. The van der Waals surface area contributed by atoms with Gasteiger partial charge in [-0.15, -0.1) is 0 Å². The molecular formula is C14H18Cl2N2O2. The topological polar surface area (TPSA) is 75.4 Å². The summed E-state index contributed by atoms with van der Waals surface area (Å²) in [6.45, 7) is 0.0913. The summed E-state index contributed by atoms with van der Waals surface area (Å²) in [6, 6.07) is 5.13. The normalized spacial score (nSPS) is 23.6. The minimum absolute atomic E-state index is 0.0566. The summed E-state index contributed by atoms with van der Waals surface area (Å²) in [4.78, 5) is 12.0. The third-order valence-corrected chi connectivity index (χ3v) is 4.31. The van der Waals surface area contributed by atoms with E-state index in [1.54, 1.807) is 18.2 Å². The maximum absolute atomic E-state index is 12.0. The number of carbonyl (C=O) groups is 1. The van der Waals surface area contributed by atoms with Crippen molar-refractivity contribution >= 4 is 29.1 Å². The smallest absolute Gasteiger partial charge is 0.223 e. The Morgan fingerprint density at radius 2 is 2.05 bits per heavy atom.